The van der Waals surface area contributed by atoms with Crippen LogP contribution in [0, 0.1) is 13.8 Å². The number of nitrogens with one attached hydrogen (secondary N) is 2. The standard InChI is InChI=1S/C44H52N2O6S2Si.C28H34N2O6S2/c1-33-26-30-53-42(33)43(48)46-28-24-39(25-29-46)54(49,50)38-21-15-34(16-22-38)23-27-45-31-35(47)32-51-36-17-19-37(20-18-36)52-55(44(2,3)4,40-11-7-5-8-12-40)41-13-9-6-10-14-41;1-20-27(13-17-37-20)28(33)30-15-11-26(12-16-30)38(34,35)25-8-2-21(3-9-25)10-14-29-18-23(32)19-36-24-6-4-22(31)5-7-24/h5-22,26,30,35,39,45,47H,23-25,27-29,31-32H2,1-4H3;2-9,13,17,23,26,29,31-32H,10-12,14-16,18-19H2,1H3/t;23-/m.0/s1. The summed E-state index contributed by atoms with van der Waals surface area (Å²) in [6.45, 7) is 14.6. The zero-order valence-corrected chi connectivity index (χ0v) is 57.8. The van der Waals surface area contributed by atoms with Crippen molar-refractivity contribution in [3.63, 3.8) is 0 Å². The molecule has 2 aliphatic rings. The largest absolute Gasteiger partial charge is 0.534 e. The Hall–Kier alpha value is -7.18. The molecule has 2 aromatic heterocycles. The Bertz CT molecular complexity index is 3850. The summed E-state index contributed by atoms with van der Waals surface area (Å²) in [5, 5.41) is 41.5. The van der Waals surface area contributed by atoms with Crippen LogP contribution in [0.1, 0.15) is 88.1 Å². The third kappa shape index (κ3) is 18.2. The number of ether oxygens (including phenoxy) is 2. The molecule has 8 aromatic rings. The fraction of sp³-hybridized carbons (Fsp3) is 0.361. The molecule has 2 amide bonds. The van der Waals surface area contributed by atoms with E-state index < -0.39 is 50.7 Å². The number of thiophene rings is 2. The van der Waals surface area contributed by atoms with Gasteiger partial charge in [-0.1, -0.05) is 106 Å². The van der Waals surface area contributed by atoms with Crippen LogP contribution in [0.25, 0.3) is 0 Å². The number of aliphatic hydroxyl groups is 2. The highest BCUT2D eigenvalue weighted by atomic mass is 32.2. The Morgan fingerprint density at radius 3 is 1.39 bits per heavy atom. The van der Waals surface area contributed by atoms with Crippen LogP contribution in [0.5, 0.6) is 23.0 Å². The van der Waals surface area contributed by atoms with Gasteiger partial charge in [-0.15, -0.1) is 22.7 Å². The predicted molar refractivity (Wildman–Crippen MR) is 372 cm³/mol. The number of piperidine rings is 2. The van der Waals surface area contributed by atoms with Crippen LogP contribution in [-0.4, -0.2) is 150 Å². The van der Waals surface area contributed by atoms with Gasteiger partial charge in [-0.2, -0.15) is 0 Å². The minimum atomic E-state index is -3.50. The number of nitrogens with zero attached hydrogens (tertiary/aromatic N) is 2. The molecule has 2 atom stereocenters. The maximum atomic E-state index is 13.4. The molecule has 5 N–H and O–H groups in total. The molecule has 93 heavy (non-hydrogen) atoms. The molecule has 4 heterocycles. The Morgan fingerprint density at radius 1 is 0.559 bits per heavy atom. The molecule has 0 radical (unpaired) electrons. The minimum Gasteiger partial charge on any atom is -0.534 e. The average Bonchev–Trinajstić information content (AvgIpc) is 1.22. The van der Waals surface area contributed by atoms with Crippen molar-refractivity contribution in [3.05, 3.63) is 213 Å². The van der Waals surface area contributed by atoms with Crippen LogP contribution in [-0.2, 0) is 32.5 Å². The Labute approximate surface area is 557 Å². The highest BCUT2D eigenvalue weighted by molar-refractivity contribution is 7.92. The molecule has 2 saturated heterocycles. The minimum absolute atomic E-state index is 0.00936. The maximum Gasteiger partial charge on any atom is 0.319 e. The van der Waals surface area contributed by atoms with Gasteiger partial charge < -0.3 is 49.7 Å². The summed E-state index contributed by atoms with van der Waals surface area (Å²) in [6.07, 6.45) is 1.70. The van der Waals surface area contributed by atoms with E-state index in [1.54, 1.807) is 46.2 Å². The van der Waals surface area contributed by atoms with Crippen LogP contribution < -0.4 is 34.9 Å². The maximum absolute atomic E-state index is 13.4. The third-order valence-electron chi connectivity index (χ3n) is 17.2. The highest BCUT2D eigenvalue weighted by Gasteiger charge is 2.52. The molecule has 1 unspecified atom stereocenters. The zero-order valence-electron chi connectivity index (χ0n) is 53.5. The van der Waals surface area contributed by atoms with E-state index in [4.69, 9.17) is 13.9 Å². The number of hydrogen-bond acceptors (Lipinski definition) is 16. The van der Waals surface area contributed by atoms with Gasteiger partial charge in [0, 0.05) is 44.1 Å². The molecule has 6 aromatic carbocycles. The highest BCUT2D eigenvalue weighted by Crippen LogP contribution is 2.38. The van der Waals surface area contributed by atoms with E-state index in [0.717, 1.165) is 32.2 Å². The lowest BCUT2D eigenvalue weighted by atomic mass is 10.1. The Morgan fingerprint density at radius 2 is 0.978 bits per heavy atom. The number of amides is 2. The monoisotopic (exact) mass is 1350 g/mol. The van der Waals surface area contributed by atoms with Crippen LogP contribution in [0.4, 0.5) is 0 Å². The average molecular weight is 1360 g/mol. The second-order valence-electron chi connectivity index (χ2n) is 24.8. The van der Waals surface area contributed by atoms with Gasteiger partial charge >= 0.3 is 8.32 Å². The zero-order chi connectivity index (χ0) is 66.2. The lowest BCUT2D eigenvalue weighted by Crippen LogP contribution is -2.68. The van der Waals surface area contributed by atoms with Crippen molar-refractivity contribution in [1.29, 1.82) is 0 Å². The van der Waals surface area contributed by atoms with Crippen molar-refractivity contribution in [2.45, 2.75) is 111 Å². The van der Waals surface area contributed by atoms with Gasteiger partial charge in [0.2, 0.25) is 0 Å². The molecule has 2 aliphatic heterocycles. The summed E-state index contributed by atoms with van der Waals surface area (Å²) in [7, 11) is -9.72. The van der Waals surface area contributed by atoms with Gasteiger partial charge in [-0.3, -0.25) is 9.59 Å². The van der Waals surface area contributed by atoms with E-state index in [9.17, 15) is 41.7 Å². The predicted octanol–water partition coefficient (Wildman–Crippen LogP) is 10.1. The van der Waals surface area contributed by atoms with Gasteiger partial charge in [-0.05, 0) is 193 Å². The molecule has 0 saturated carbocycles. The third-order valence-corrected chi connectivity index (χ3v) is 28.5. The number of carbonyl (C=O) groups is 2. The lowest BCUT2D eigenvalue weighted by Gasteiger charge is -2.43. The van der Waals surface area contributed by atoms with Gasteiger partial charge in [0.15, 0.2) is 19.7 Å². The fourth-order valence-electron chi connectivity index (χ4n) is 11.8. The first-order valence-electron chi connectivity index (χ1n) is 31.7. The van der Waals surface area contributed by atoms with E-state index in [2.05, 4.69) is 79.9 Å². The fourth-order valence-corrected chi connectivity index (χ4v) is 21.3. The van der Waals surface area contributed by atoms with Crippen LogP contribution >= 0.6 is 22.7 Å². The van der Waals surface area contributed by atoms with Gasteiger partial charge in [0.05, 0.1) is 30.7 Å². The molecule has 16 nitrogen and oxygen atoms in total. The van der Waals surface area contributed by atoms with Crippen molar-refractivity contribution in [1.82, 2.24) is 20.4 Å². The summed E-state index contributed by atoms with van der Waals surface area (Å²) in [6, 6.07) is 52.8. The summed E-state index contributed by atoms with van der Waals surface area (Å²) in [4.78, 5) is 31.5. The number of aromatic hydroxyl groups is 1. The van der Waals surface area contributed by atoms with Crippen molar-refractivity contribution in [2.75, 3.05) is 65.6 Å². The van der Waals surface area contributed by atoms with Gasteiger partial charge in [0.25, 0.3) is 11.8 Å². The molecule has 2 fully saturated rings. The Balaban J connectivity index is 0.000000235. The summed E-state index contributed by atoms with van der Waals surface area (Å²) in [5.74, 6) is 2.12. The van der Waals surface area contributed by atoms with Crippen molar-refractivity contribution in [2.24, 2.45) is 0 Å². The number of phenols is 1. The second kappa shape index (κ2) is 32.3. The van der Waals surface area contributed by atoms with Crippen LogP contribution in [0.3, 0.4) is 0 Å². The van der Waals surface area contributed by atoms with E-state index in [-0.39, 0.29) is 35.8 Å². The quantitative estimate of drug-likeness (QED) is 0.0252. The number of phenolic OH excluding ortho intramolecular Hbond substituents is 1. The van der Waals surface area contributed by atoms with Crippen molar-refractivity contribution >= 4 is 72.9 Å². The van der Waals surface area contributed by atoms with E-state index in [1.165, 1.54) is 45.2 Å². The summed E-state index contributed by atoms with van der Waals surface area (Å²) >= 11 is 2.97. The van der Waals surface area contributed by atoms with Crippen LogP contribution in [0.2, 0.25) is 5.04 Å². The normalized spacial score (nSPS) is 15.0. The smallest absolute Gasteiger partial charge is 0.319 e. The SMILES string of the molecule is Cc1ccsc1C(=O)N1CCC(S(=O)(=O)c2ccc(CCNCC(O)COc3ccc(O[Si](c4ccccc4)(c4ccccc4)C(C)(C)C)cc3)cc2)CC1.Cc1sccc1C(=O)N1CCC(S(=O)(=O)c2ccc(CCNC[C@H](O)COc3ccc(O)cc3)cc2)CC1. The van der Waals surface area contributed by atoms with Gasteiger partial charge in [-0.25, -0.2) is 16.8 Å². The first-order valence-corrected chi connectivity index (χ1v) is 38.4. The summed E-state index contributed by atoms with van der Waals surface area (Å²) < 4.78 is 71.7. The van der Waals surface area contributed by atoms with Crippen molar-refractivity contribution in [3.8, 4) is 23.0 Å². The van der Waals surface area contributed by atoms with Crippen LogP contribution in [0.15, 0.2) is 190 Å². The molecule has 21 heteroatoms. The van der Waals surface area contributed by atoms with Gasteiger partial charge in [0.1, 0.15) is 48.4 Å². The first kappa shape index (κ1) is 70.1. The molecule has 0 aliphatic carbocycles. The second-order valence-corrected chi connectivity index (χ2v) is 35.5. The molecule has 0 spiro atoms. The van der Waals surface area contributed by atoms with Crippen molar-refractivity contribution < 1.29 is 55.6 Å². The first-order chi connectivity index (χ1) is 44.6. The number of benzene rings is 6. The molecular formula is C72H86N4O12S4Si. The number of likely N-dealkylation sites (tertiary alicyclic amines) is 2. The Kier molecular flexibility index (Phi) is 24.4. The van der Waals surface area contributed by atoms with E-state index in [1.807, 2.05) is 97.4 Å². The number of hydrogen-bond donors (Lipinski definition) is 5. The number of rotatable bonds is 26. The number of sulfone groups is 2. The lowest BCUT2D eigenvalue weighted by molar-refractivity contribution is 0.0720. The van der Waals surface area contributed by atoms with E-state index >= 15 is 0 Å². The number of aliphatic hydroxyl groups excluding tert-OH is 2. The number of carbonyl (C=O) groups excluding carboxylic acids is 2. The molecular weight excluding hydrogens is 1270 g/mol. The summed E-state index contributed by atoms with van der Waals surface area (Å²) in [5.41, 5.74) is 3.67. The topological polar surface area (TPSA) is 221 Å². The molecule has 10 rings (SSSR count). The molecule has 494 valence electrons. The molecule has 0 bridgehead atoms. The number of aryl methyl sites for hydroxylation is 2. The van der Waals surface area contributed by atoms with E-state index in [0.29, 0.717) is 118 Å².